The summed E-state index contributed by atoms with van der Waals surface area (Å²) in [7, 11) is 1.43. The maximum Gasteiger partial charge on any atom is 0.253 e. The molecule has 5 heteroatoms. The smallest absolute Gasteiger partial charge is 0.253 e. The van der Waals surface area contributed by atoms with E-state index >= 15 is 0 Å². The molecule has 0 aromatic heterocycles. The molecule has 19 heavy (non-hydrogen) atoms. The fourth-order valence-corrected chi connectivity index (χ4v) is 1.26. The number of methoxy groups -OCH3 is 1. The third-order valence-electron chi connectivity index (χ3n) is 2.42. The van der Waals surface area contributed by atoms with E-state index in [2.05, 4.69) is 17.2 Å². The molecule has 1 atom stereocenters. The van der Waals surface area contributed by atoms with Crippen molar-refractivity contribution >= 4 is 11.6 Å². The van der Waals surface area contributed by atoms with Crippen LogP contribution in [-0.4, -0.2) is 30.8 Å². The highest BCUT2D eigenvalue weighted by Gasteiger charge is 2.12. The minimum Gasteiger partial charge on any atom is -0.395 e. The van der Waals surface area contributed by atoms with Gasteiger partial charge in [-0.15, -0.1) is 0 Å². The van der Waals surface area contributed by atoms with Gasteiger partial charge >= 0.3 is 0 Å². The second kappa shape index (κ2) is 7.52. The van der Waals surface area contributed by atoms with Crippen LogP contribution in [0.5, 0.6) is 0 Å². The van der Waals surface area contributed by atoms with Crippen LogP contribution < -0.4 is 5.32 Å². The molecule has 4 nitrogen and oxygen atoms in total. The van der Waals surface area contributed by atoms with Crippen molar-refractivity contribution in [2.75, 3.05) is 19.0 Å². The lowest BCUT2D eigenvalue weighted by Gasteiger charge is -2.10. The number of halogens is 1. The van der Waals surface area contributed by atoms with Gasteiger partial charge in [0.1, 0.15) is 11.9 Å². The first-order chi connectivity index (χ1) is 9.08. The Balaban J connectivity index is 2.85. The zero-order valence-electron chi connectivity index (χ0n) is 10.9. The Labute approximate surface area is 111 Å². The molecule has 0 aliphatic heterocycles. The maximum absolute atomic E-state index is 13.5. The van der Waals surface area contributed by atoms with E-state index in [4.69, 9.17) is 9.84 Å². The van der Waals surface area contributed by atoms with Crippen LogP contribution in [0.1, 0.15) is 18.9 Å². The summed E-state index contributed by atoms with van der Waals surface area (Å²) in [5, 5.41) is 11.2. The summed E-state index contributed by atoms with van der Waals surface area (Å²) >= 11 is 0. The topological polar surface area (TPSA) is 58.6 Å². The number of aliphatic hydroxyl groups excluding tert-OH is 1. The Hall–Kier alpha value is -1.90. The zero-order chi connectivity index (χ0) is 14.3. The van der Waals surface area contributed by atoms with Crippen molar-refractivity contribution < 1.29 is 19.0 Å². The minimum absolute atomic E-state index is 0.0730. The summed E-state index contributed by atoms with van der Waals surface area (Å²) in [4.78, 5) is 11.6. The molecule has 1 amide bonds. The van der Waals surface area contributed by atoms with E-state index in [1.807, 2.05) is 0 Å². The number of rotatable bonds is 4. The number of nitrogens with one attached hydrogen (secondary N) is 1. The van der Waals surface area contributed by atoms with Gasteiger partial charge in [0.15, 0.2) is 0 Å². The molecule has 0 fully saturated rings. The van der Waals surface area contributed by atoms with Crippen molar-refractivity contribution in [3.05, 3.63) is 29.6 Å². The van der Waals surface area contributed by atoms with Crippen LogP contribution in [0, 0.1) is 17.7 Å². The van der Waals surface area contributed by atoms with Gasteiger partial charge in [0.05, 0.1) is 12.2 Å². The van der Waals surface area contributed by atoms with Gasteiger partial charge in [-0.25, -0.2) is 4.39 Å². The third kappa shape index (κ3) is 4.70. The first-order valence-corrected chi connectivity index (χ1v) is 5.81. The van der Waals surface area contributed by atoms with Gasteiger partial charge in [0.2, 0.25) is 0 Å². The number of aliphatic hydroxyl groups is 1. The number of benzene rings is 1. The Morgan fingerprint density at radius 1 is 1.58 bits per heavy atom. The molecule has 1 rings (SSSR count). The summed E-state index contributed by atoms with van der Waals surface area (Å²) in [6, 6.07) is 4.13. The van der Waals surface area contributed by atoms with E-state index in [1.54, 1.807) is 6.92 Å². The Bertz CT molecular complexity index is 505. The highest BCUT2D eigenvalue weighted by atomic mass is 19.1. The predicted molar refractivity (Wildman–Crippen MR) is 70.1 cm³/mol. The second-order valence-corrected chi connectivity index (χ2v) is 3.84. The lowest BCUT2D eigenvalue weighted by molar-refractivity contribution is -0.124. The van der Waals surface area contributed by atoms with E-state index in [9.17, 15) is 9.18 Å². The van der Waals surface area contributed by atoms with Crippen molar-refractivity contribution in [2.45, 2.75) is 19.4 Å². The minimum atomic E-state index is -0.589. The van der Waals surface area contributed by atoms with Crippen LogP contribution in [0.15, 0.2) is 18.2 Å². The molecule has 0 aliphatic rings. The van der Waals surface area contributed by atoms with Crippen LogP contribution >= 0.6 is 0 Å². The lowest BCUT2D eigenvalue weighted by atomic mass is 10.2. The lowest BCUT2D eigenvalue weighted by Crippen LogP contribution is -2.26. The van der Waals surface area contributed by atoms with Gasteiger partial charge < -0.3 is 15.2 Å². The third-order valence-corrected chi connectivity index (χ3v) is 2.42. The number of hydrogen-bond acceptors (Lipinski definition) is 3. The average Bonchev–Trinajstić information content (AvgIpc) is 2.41. The van der Waals surface area contributed by atoms with Crippen molar-refractivity contribution in [3.63, 3.8) is 0 Å². The fourth-order valence-electron chi connectivity index (χ4n) is 1.26. The number of ether oxygens (including phenoxy) is 1. The summed E-state index contributed by atoms with van der Waals surface area (Å²) in [5.74, 6) is 4.45. The largest absolute Gasteiger partial charge is 0.395 e. The highest BCUT2D eigenvalue weighted by molar-refractivity contribution is 5.94. The van der Waals surface area contributed by atoms with Gasteiger partial charge in [-0.3, -0.25) is 4.79 Å². The van der Waals surface area contributed by atoms with Gasteiger partial charge in [0, 0.05) is 19.2 Å². The van der Waals surface area contributed by atoms with E-state index in [-0.39, 0.29) is 24.5 Å². The first kappa shape index (κ1) is 15.2. The normalized spacial score (nSPS) is 11.4. The van der Waals surface area contributed by atoms with E-state index in [1.165, 1.54) is 25.3 Å². The van der Waals surface area contributed by atoms with E-state index in [0.717, 1.165) is 0 Å². The highest BCUT2D eigenvalue weighted by Crippen LogP contribution is 2.14. The van der Waals surface area contributed by atoms with Crippen LogP contribution in [0.3, 0.4) is 0 Å². The number of anilines is 1. The van der Waals surface area contributed by atoms with Crippen LogP contribution in [0.25, 0.3) is 0 Å². The number of carbonyl (C=O) groups excluding carboxylic acids is 1. The molecule has 0 saturated carbocycles. The molecule has 0 radical (unpaired) electrons. The SMILES string of the molecule is COC(C)C(=O)Nc1ccc(F)c(C#CCCO)c1. The molecule has 0 spiro atoms. The summed E-state index contributed by atoms with van der Waals surface area (Å²) < 4.78 is 18.3. The van der Waals surface area contributed by atoms with Gasteiger partial charge in [-0.2, -0.15) is 0 Å². The molecule has 0 bridgehead atoms. The standard InChI is InChI=1S/C14H16FNO3/c1-10(19-2)14(18)16-12-6-7-13(15)11(9-12)5-3-4-8-17/h6-7,9-10,17H,4,8H2,1-2H3,(H,16,18). The molecule has 0 aliphatic carbocycles. The summed E-state index contributed by atoms with van der Waals surface area (Å²) in [5.41, 5.74) is 0.625. The molecule has 1 aromatic carbocycles. The van der Waals surface area contributed by atoms with Crippen molar-refractivity contribution in [1.29, 1.82) is 0 Å². The predicted octanol–water partition coefficient (Wildman–Crippen LogP) is 1.53. The van der Waals surface area contributed by atoms with Crippen molar-refractivity contribution in [3.8, 4) is 11.8 Å². The zero-order valence-corrected chi connectivity index (χ0v) is 10.9. The van der Waals surface area contributed by atoms with Gasteiger partial charge in [0.25, 0.3) is 5.91 Å². The Kier molecular flexibility index (Phi) is 6.00. The monoisotopic (exact) mass is 265 g/mol. The van der Waals surface area contributed by atoms with Crippen LogP contribution in [-0.2, 0) is 9.53 Å². The quantitative estimate of drug-likeness (QED) is 0.812. The number of carbonyl (C=O) groups is 1. The summed E-state index contributed by atoms with van der Waals surface area (Å²) in [6.07, 6.45) is -0.314. The second-order valence-electron chi connectivity index (χ2n) is 3.84. The molecule has 102 valence electrons. The Morgan fingerprint density at radius 3 is 2.95 bits per heavy atom. The number of hydrogen-bond donors (Lipinski definition) is 2. The fraction of sp³-hybridized carbons (Fsp3) is 0.357. The molecule has 1 unspecified atom stereocenters. The average molecular weight is 265 g/mol. The number of amides is 1. The molecular formula is C14H16FNO3. The van der Waals surface area contributed by atoms with E-state index in [0.29, 0.717) is 5.69 Å². The molecule has 1 aromatic rings. The first-order valence-electron chi connectivity index (χ1n) is 5.81. The van der Waals surface area contributed by atoms with Gasteiger partial charge in [-0.1, -0.05) is 11.8 Å². The molecule has 0 saturated heterocycles. The molecule has 2 N–H and O–H groups in total. The molecular weight excluding hydrogens is 249 g/mol. The molecule has 0 heterocycles. The maximum atomic E-state index is 13.5. The van der Waals surface area contributed by atoms with Crippen molar-refractivity contribution in [1.82, 2.24) is 0 Å². The Morgan fingerprint density at radius 2 is 2.32 bits per heavy atom. The van der Waals surface area contributed by atoms with Crippen LogP contribution in [0.4, 0.5) is 10.1 Å². The van der Waals surface area contributed by atoms with E-state index < -0.39 is 11.9 Å². The van der Waals surface area contributed by atoms with Gasteiger partial charge in [-0.05, 0) is 25.1 Å². The van der Waals surface area contributed by atoms with Crippen LogP contribution in [0.2, 0.25) is 0 Å². The summed E-state index contributed by atoms with van der Waals surface area (Å²) in [6.45, 7) is 1.54. The van der Waals surface area contributed by atoms with Crippen molar-refractivity contribution in [2.24, 2.45) is 0 Å².